The SMILES string of the molecule is COCC(CNC(C)C)N1CCN(S(C)(=O)=O)CC1. The lowest BCUT2D eigenvalue weighted by Crippen LogP contribution is -2.55. The molecule has 1 unspecified atom stereocenters. The van der Waals surface area contributed by atoms with Crippen molar-refractivity contribution in [3.05, 3.63) is 0 Å². The summed E-state index contributed by atoms with van der Waals surface area (Å²) in [5, 5.41) is 3.42. The van der Waals surface area contributed by atoms with Crippen LogP contribution in [0.1, 0.15) is 13.8 Å². The highest BCUT2D eigenvalue weighted by molar-refractivity contribution is 7.88. The average molecular weight is 293 g/mol. The van der Waals surface area contributed by atoms with Crippen molar-refractivity contribution in [3.63, 3.8) is 0 Å². The van der Waals surface area contributed by atoms with Crippen LogP contribution in [-0.2, 0) is 14.8 Å². The summed E-state index contributed by atoms with van der Waals surface area (Å²) in [6, 6.07) is 0.741. The molecule has 1 aliphatic rings. The van der Waals surface area contributed by atoms with Crippen molar-refractivity contribution < 1.29 is 13.2 Å². The Morgan fingerprint density at radius 3 is 2.21 bits per heavy atom. The van der Waals surface area contributed by atoms with Crippen LogP contribution in [0.4, 0.5) is 0 Å². The zero-order chi connectivity index (χ0) is 14.5. The van der Waals surface area contributed by atoms with E-state index in [4.69, 9.17) is 4.74 Å². The smallest absolute Gasteiger partial charge is 0.211 e. The first-order valence-electron chi connectivity index (χ1n) is 6.76. The molecule has 0 saturated carbocycles. The molecule has 1 aliphatic heterocycles. The molecular weight excluding hydrogens is 266 g/mol. The third-order valence-electron chi connectivity index (χ3n) is 3.38. The van der Waals surface area contributed by atoms with Crippen LogP contribution in [0.25, 0.3) is 0 Å². The molecule has 7 heteroatoms. The van der Waals surface area contributed by atoms with Crippen LogP contribution in [0.15, 0.2) is 0 Å². The van der Waals surface area contributed by atoms with Gasteiger partial charge in [-0.15, -0.1) is 0 Å². The summed E-state index contributed by atoms with van der Waals surface area (Å²) in [7, 11) is -1.35. The highest BCUT2D eigenvalue weighted by Crippen LogP contribution is 2.09. The van der Waals surface area contributed by atoms with E-state index in [1.54, 1.807) is 11.4 Å². The summed E-state index contributed by atoms with van der Waals surface area (Å²) in [5.74, 6) is 0. The highest BCUT2D eigenvalue weighted by atomic mass is 32.2. The van der Waals surface area contributed by atoms with Crippen molar-refractivity contribution in [2.45, 2.75) is 25.9 Å². The van der Waals surface area contributed by atoms with Gasteiger partial charge in [0.1, 0.15) is 0 Å². The summed E-state index contributed by atoms with van der Waals surface area (Å²) in [5.41, 5.74) is 0. The van der Waals surface area contributed by atoms with Gasteiger partial charge in [-0.1, -0.05) is 13.8 Å². The van der Waals surface area contributed by atoms with E-state index in [-0.39, 0.29) is 0 Å². The molecule has 6 nitrogen and oxygen atoms in total. The van der Waals surface area contributed by atoms with Crippen molar-refractivity contribution in [2.75, 3.05) is 52.7 Å². The van der Waals surface area contributed by atoms with Crippen LogP contribution < -0.4 is 5.32 Å². The molecule has 0 aromatic rings. The second-order valence-corrected chi connectivity index (χ2v) is 7.35. The summed E-state index contributed by atoms with van der Waals surface area (Å²) in [6.07, 6.45) is 1.27. The highest BCUT2D eigenvalue weighted by Gasteiger charge is 2.27. The Labute approximate surface area is 117 Å². The molecule has 1 heterocycles. The zero-order valence-electron chi connectivity index (χ0n) is 12.4. The van der Waals surface area contributed by atoms with Gasteiger partial charge < -0.3 is 10.1 Å². The molecule has 1 atom stereocenters. The number of piperazine rings is 1. The predicted molar refractivity (Wildman–Crippen MR) is 76.8 cm³/mol. The number of ether oxygens (including phenoxy) is 1. The molecule has 0 aromatic carbocycles. The van der Waals surface area contributed by atoms with Crippen LogP contribution in [0.3, 0.4) is 0 Å². The Bertz CT molecular complexity index is 351. The van der Waals surface area contributed by atoms with E-state index >= 15 is 0 Å². The molecule has 0 amide bonds. The van der Waals surface area contributed by atoms with E-state index in [9.17, 15) is 8.42 Å². The molecule has 0 aliphatic carbocycles. The third-order valence-corrected chi connectivity index (χ3v) is 4.68. The number of nitrogens with one attached hydrogen (secondary N) is 1. The van der Waals surface area contributed by atoms with Crippen LogP contribution >= 0.6 is 0 Å². The Kier molecular flexibility index (Phi) is 6.68. The molecule has 114 valence electrons. The maximum Gasteiger partial charge on any atom is 0.211 e. The number of methoxy groups -OCH3 is 1. The maximum atomic E-state index is 11.5. The maximum absolute atomic E-state index is 11.5. The molecule has 19 heavy (non-hydrogen) atoms. The molecule has 1 fully saturated rings. The fourth-order valence-corrected chi connectivity index (χ4v) is 3.08. The Hall–Kier alpha value is -0.210. The van der Waals surface area contributed by atoms with Gasteiger partial charge in [0, 0.05) is 51.9 Å². The summed E-state index contributed by atoms with van der Waals surface area (Å²) in [4.78, 5) is 2.31. The summed E-state index contributed by atoms with van der Waals surface area (Å²) >= 11 is 0. The largest absolute Gasteiger partial charge is 0.383 e. The van der Waals surface area contributed by atoms with Gasteiger partial charge in [0.15, 0.2) is 0 Å². The van der Waals surface area contributed by atoms with Crippen LogP contribution in [0.5, 0.6) is 0 Å². The number of sulfonamides is 1. The predicted octanol–water partition coefficient (Wildman–Crippen LogP) is -0.423. The molecule has 1 saturated heterocycles. The standard InChI is InChI=1S/C12H27N3O3S/c1-11(2)13-9-12(10-18-3)14-5-7-15(8-6-14)19(4,16)17/h11-13H,5-10H2,1-4H3. The minimum Gasteiger partial charge on any atom is -0.383 e. The van der Waals surface area contributed by atoms with Crippen molar-refractivity contribution in [3.8, 4) is 0 Å². The first kappa shape index (κ1) is 16.8. The van der Waals surface area contributed by atoms with Crippen LogP contribution in [0, 0.1) is 0 Å². The molecular formula is C12H27N3O3S. The topological polar surface area (TPSA) is 61.9 Å². The van der Waals surface area contributed by atoms with E-state index in [0.29, 0.717) is 31.8 Å². The normalized spacial score (nSPS) is 20.9. The Morgan fingerprint density at radius 2 is 1.79 bits per heavy atom. The van der Waals surface area contributed by atoms with E-state index in [0.717, 1.165) is 19.6 Å². The van der Waals surface area contributed by atoms with Gasteiger partial charge in [-0.25, -0.2) is 8.42 Å². The van der Waals surface area contributed by atoms with Gasteiger partial charge in [0.2, 0.25) is 10.0 Å². The second-order valence-electron chi connectivity index (χ2n) is 5.37. The molecule has 0 spiro atoms. The quantitative estimate of drug-likeness (QED) is 0.690. The minimum absolute atomic E-state index is 0.300. The Balaban J connectivity index is 2.49. The van der Waals surface area contributed by atoms with E-state index < -0.39 is 10.0 Å². The van der Waals surface area contributed by atoms with Crippen LogP contribution in [0.2, 0.25) is 0 Å². The summed E-state index contributed by atoms with van der Waals surface area (Å²) in [6.45, 7) is 8.43. The van der Waals surface area contributed by atoms with E-state index in [1.165, 1.54) is 6.26 Å². The lowest BCUT2D eigenvalue weighted by atomic mass is 10.2. The van der Waals surface area contributed by atoms with Crippen molar-refractivity contribution in [1.82, 2.24) is 14.5 Å². The second kappa shape index (κ2) is 7.54. The fraction of sp³-hybridized carbons (Fsp3) is 1.00. The van der Waals surface area contributed by atoms with Gasteiger partial charge in [0.25, 0.3) is 0 Å². The fourth-order valence-electron chi connectivity index (χ4n) is 2.26. The van der Waals surface area contributed by atoms with Gasteiger partial charge in [-0.2, -0.15) is 4.31 Å². The van der Waals surface area contributed by atoms with Crippen molar-refractivity contribution in [1.29, 1.82) is 0 Å². The lowest BCUT2D eigenvalue weighted by molar-refractivity contribution is 0.0666. The van der Waals surface area contributed by atoms with Crippen molar-refractivity contribution in [2.24, 2.45) is 0 Å². The number of nitrogens with zero attached hydrogens (tertiary/aromatic N) is 2. The molecule has 0 bridgehead atoms. The van der Waals surface area contributed by atoms with E-state index in [1.807, 2.05) is 0 Å². The third kappa shape index (κ3) is 5.74. The average Bonchev–Trinajstić information content (AvgIpc) is 2.33. The number of hydrogen-bond donors (Lipinski definition) is 1. The van der Waals surface area contributed by atoms with Gasteiger partial charge in [-0.05, 0) is 0 Å². The van der Waals surface area contributed by atoms with Gasteiger partial charge >= 0.3 is 0 Å². The zero-order valence-corrected chi connectivity index (χ0v) is 13.2. The van der Waals surface area contributed by atoms with Gasteiger partial charge in [-0.3, -0.25) is 4.90 Å². The molecule has 1 rings (SSSR count). The lowest BCUT2D eigenvalue weighted by Gasteiger charge is -2.38. The van der Waals surface area contributed by atoms with Crippen LogP contribution in [-0.4, -0.2) is 82.4 Å². The van der Waals surface area contributed by atoms with E-state index in [2.05, 4.69) is 24.1 Å². The van der Waals surface area contributed by atoms with Gasteiger partial charge in [0.05, 0.1) is 12.9 Å². The number of rotatable bonds is 7. The first-order valence-corrected chi connectivity index (χ1v) is 8.61. The molecule has 0 radical (unpaired) electrons. The molecule has 1 N–H and O–H groups in total. The van der Waals surface area contributed by atoms with Crippen molar-refractivity contribution >= 4 is 10.0 Å². The monoisotopic (exact) mass is 293 g/mol. The minimum atomic E-state index is -3.05. The molecule has 0 aromatic heterocycles. The number of hydrogen-bond acceptors (Lipinski definition) is 5. The Morgan fingerprint density at radius 1 is 1.21 bits per heavy atom. The summed E-state index contributed by atoms with van der Waals surface area (Å²) < 4.78 is 29.8. The first-order chi connectivity index (χ1) is 8.84.